The van der Waals surface area contributed by atoms with Crippen LogP contribution in [0.15, 0.2) is 60.7 Å². The van der Waals surface area contributed by atoms with Gasteiger partial charge in [-0.25, -0.2) is 0 Å². The molecule has 63 heavy (non-hydrogen) atoms. The van der Waals surface area contributed by atoms with Crippen molar-refractivity contribution >= 4 is 46.2 Å². The molecule has 7 atom stereocenters. The molecule has 3 aromatic carbocycles. The first-order valence-corrected chi connectivity index (χ1v) is 24.9. The summed E-state index contributed by atoms with van der Waals surface area (Å²) in [7, 11) is 0. The third-order valence-electron chi connectivity index (χ3n) is 13.4. The van der Waals surface area contributed by atoms with Crippen LogP contribution in [-0.2, 0) is 43.7 Å². The minimum atomic E-state index is -0.318. The van der Waals surface area contributed by atoms with Gasteiger partial charge in [-0.15, -0.1) is 34.5 Å². The molecule has 0 aliphatic heterocycles. The second kappa shape index (κ2) is 24.9. The number of benzene rings is 3. The van der Waals surface area contributed by atoms with E-state index < -0.39 is 0 Å². The van der Waals surface area contributed by atoms with Gasteiger partial charge in [0.25, 0.3) is 5.91 Å². The average molecular weight is 921 g/mol. The van der Waals surface area contributed by atoms with Crippen molar-refractivity contribution in [3.63, 3.8) is 0 Å². The highest BCUT2D eigenvalue weighted by Crippen LogP contribution is 2.42. The van der Waals surface area contributed by atoms with Crippen molar-refractivity contribution in [2.75, 3.05) is 13.2 Å². The van der Waals surface area contributed by atoms with Crippen LogP contribution in [0.25, 0.3) is 0 Å². The van der Waals surface area contributed by atoms with Crippen LogP contribution in [0.2, 0.25) is 0 Å². The van der Waals surface area contributed by atoms with Gasteiger partial charge in [-0.2, -0.15) is 0 Å². The lowest BCUT2D eigenvalue weighted by molar-refractivity contribution is -0.121. The van der Waals surface area contributed by atoms with E-state index in [0.717, 1.165) is 108 Å². The average Bonchev–Trinajstić information content (AvgIpc) is 3.91. The first-order chi connectivity index (χ1) is 30.3. The number of aliphatic hydroxyl groups excluding tert-OH is 3. The van der Waals surface area contributed by atoms with Gasteiger partial charge in [0.2, 0.25) is 0 Å². The number of hydrogen-bond donors (Lipinski definition) is 4. The van der Waals surface area contributed by atoms with Gasteiger partial charge >= 0.3 is 0 Å². The van der Waals surface area contributed by atoms with Crippen LogP contribution in [0, 0.1) is 51.4 Å². The van der Waals surface area contributed by atoms with Gasteiger partial charge in [0.15, 0.2) is 0 Å². The van der Waals surface area contributed by atoms with E-state index >= 15 is 0 Å². The van der Waals surface area contributed by atoms with Gasteiger partial charge in [-0.1, -0.05) is 48.5 Å². The van der Waals surface area contributed by atoms with Crippen molar-refractivity contribution in [2.45, 2.75) is 149 Å². The summed E-state index contributed by atoms with van der Waals surface area (Å²) in [5.74, 6) is 2.11. The highest BCUT2D eigenvalue weighted by molar-refractivity contribution is 7.14. The predicted molar refractivity (Wildman–Crippen MR) is 260 cm³/mol. The molecular weight excluding hydrogens is 850 g/mol. The lowest BCUT2D eigenvalue weighted by Crippen LogP contribution is -2.21. The molecule has 0 bridgehead atoms. The van der Waals surface area contributed by atoms with Crippen molar-refractivity contribution in [1.82, 2.24) is 5.32 Å². The fourth-order valence-corrected chi connectivity index (χ4v) is 12.1. The number of rotatable bonds is 20. The number of carbonyl (C=O) groups is 2. The first kappa shape index (κ1) is 50.8. The summed E-state index contributed by atoms with van der Waals surface area (Å²) < 4.78 is 5.77. The Kier molecular flexibility index (Phi) is 20.0. The SMILES string of the molecule is CCNC(=O)c1ccc(CCC[C@H]2C(=O)CC(Cl)[C@@H]2CCc2cc(C)c(OCC)c(C)c2)s1.Cc1cc(CC[C@H]2C(Cl)CC(O)[C@@H]2CCCc2cccc(CO)c2)cc(C)c1CO. The zero-order valence-corrected chi connectivity index (χ0v) is 40.7. The number of amides is 1. The molecule has 4 N–H and O–H groups in total. The second-order valence-electron chi connectivity index (χ2n) is 17.9. The number of ketones is 1. The summed E-state index contributed by atoms with van der Waals surface area (Å²) in [5, 5.41) is 32.3. The number of hydrogen-bond acceptors (Lipinski definition) is 7. The van der Waals surface area contributed by atoms with E-state index in [1.165, 1.54) is 21.6 Å². The number of halogens is 2. The minimum Gasteiger partial charge on any atom is -0.493 e. The molecule has 6 rings (SSSR count). The fourth-order valence-electron chi connectivity index (χ4n) is 10.2. The van der Waals surface area contributed by atoms with Gasteiger partial charge in [0.05, 0.1) is 30.8 Å². The van der Waals surface area contributed by atoms with E-state index in [9.17, 15) is 24.9 Å². The number of aryl methyl sites for hydroxylation is 8. The molecule has 0 radical (unpaired) electrons. The third-order valence-corrected chi connectivity index (χ3v) is 15.5. The molecule has 7 nitrogen and oxygen atoms in total. The van der Waals surface area contributed by atoms with Crippen LogP contribution in [0.1, 0.15) is 130 Å². The smallest absolute Gasteiger partial charge is 0.261 e. The van der Waals surface area contributed by atoms with Crippen molar-refractivity contribution < 1.29 is 29.6 Å². The largest absolute Gasteiger partial charge is 0.493 e. The summed E-state index contributed by atoms with van der Waals surface area (Å²) in [6.45, 7) is 13.7. The van der Waals surface area contributed by atoms with Gasteiger partial charge in [-0.05, 0) is 192 Å². The number of Topliss-reactive ketones (excluding diaryl/α,β-unsaturated/α-hetero) is 1. The number of alkyl halides is 2. The Morgan fingerprint density at radius 1 is 0.730 bits per heavy atom. The van der Waals surface area contributed by atoms with Crippen LogP contribution in [0.3, 0.4) is 0 Å². The normalized spacial score (nSPS) is 22.0. The Bertz CT molecular complexity index is 2050. The summed E-state index contributed by atoms with van der Waals surface area (Å²) in [6.07, 6.45) is 10.3. The Labute approximate surface area is 391 Å². The summed E-state index contributed by atoms with van der Waals surface area (Å²) >= 11 is 14.8. The second-order valence-corrected chi connectivity index (χ2v) is 20.2. The molecule has 1 amide bonds. The van der Waals surface area contributed by atoms with Crippen molar-refractivity contribution in [3.8, 4) is 5.75 Å². The van der Waals surface area contributed by atoms with Crippen LogP contribution in [-0.4, -0.2) is 57.0 Å². The van der Waals surface area contributed by atoms with Crippen molar-refractivity contribution in [2.24, 2.45) is 23.7 Å². The Balaban J connectivity index is 0.000000239. The monoisotopic (exact) mass is 919 g/mol. The first-order valence-electron chi connectivity index (χ1n) is 23.2. The molecule has 2 aliphatic rings. The Hall–Kier alpha value is -3.24. The molecule has 2 saturated carbocycles. The molecule has 3 unspecified atom stereocenters. The molecule has 1 heterocycles. The number of nitrogens with one attached hydrogen (secondary N) is 1. The van der Waals surface area contributed by atoms with Gasteiger partial charge in [0.1, 0.15) is 11.5 Å². The highest BCUT2D eigenvalue weighted by atomic mass is 35.5. The molecule has 344 valence electrons. The zero-order chi connectivity index (χ0) is 45.6. The predicted octanol–water partition coefficient (Wildman–Crippen LogP) is 11.1. The number of thiophene rings is 1. The highest BCUT2D eigenvalue weighted by Gasteiger charge is 2.41. The van der Waals surface area contributed by atoms with E-state index in [1.807, 2.05) is 38.1 Å². The van der Waals surface area contributed by atoms with E-state index in [0.29, 0.717) is 37.7 Å². The molecule has 4 aromatic rings. The quantitative estimate of drug-likeness (QED) is 0.0656. The number of ether oxygens (including phenoxy) is 1. The van der Waals surface area contributed by atoms with Crippen LogP contribution in [0.5, 0.6) is 5.75 Å². The maximum atomic E-state index is 12.7. The van der Waals surface area contributed by atoms with Crippen molar-refractivity contribution in [1.29, 1.82) is 0 Å². The molecule has 1 aromatic heterocycles. The van der Waals surface area contributed by atoms with Crippen molar-refractivity contribution in [3.05, 3.63) is 120 Å². The molecular formula is C53H71Cl2NO6S. The summed E-state index contributed by atoms with van der Waals surface area (Å²) in [4.78, 5) is 26.6. The van der Waals surface area contributed by atoms with E-state index in [-0.39, 0.29) is 53.7 Å². The summed E-state index contributed by atoms with van der Waals surface area (Å²) in [6, 6.07) is 20.8. The zero-order valence-electron chi connectivity index (χ0n) is 38.4. The maximum Gasteiger partial charge on any atom is 0.261 e. The van der Waals surface area contributed by atoms with E-state index in [4.69, 9.17) is 27.9 Å². The van der Waals surface area contributed by atoms with Crippen LogP contribution < -0.4 is 10.1 Å². The lowest BCUT2D eigenvalue weighted by Gasteiger charge is -2.24. The standard InChI is InChI=1S/C27H36ClNO3S.C26H35ClO3/c1-5-29-27(31)25-13-11-20(33-25)8-7-9-22-21(23(28)16-24(22)30)12-10-19-14-17(3)26(32-6-2)18(4)15-19;1-17-11-20(12-18(2)24(17)16-29)9-10-22-23(26(30)14-25(22)27)8-4-6-19-5-3-7-21(13-19)15-28/h11,13-15,21-23H,5-10,12,16H2,1-4H3,(H,29,31);3,5,7,11-13,22-23,25-26,28-30H,4,6,8-10,14-16H2,1-2H3/t21-,22-,23?;22-,23-,25?,26?/m11/s1. The third kappa shape index (κ3) is 14.1. The van der Waals surface area contributed by atoms with Gasteiger partial charge in [0, 0.05) is 34.5 Å². The molecule has 2 aliphatic carbocycles. The molecule has 2 fully saturated rings. The molecule has 10 heteroatoms. The van der Waals surface area contributed by atoms with E-state index in [1.54, 1.807) is 11.3 Å². The number of carbonyl (C=O) groups excluding carboxylic acids is 2. The molecule has 0 spiro atoms. The van der Waals surface area contributed by atoms with Crippen LogP contribution >= 0.6 is 34.5 Å². The Morgan fingerprint density at radius 2 is 1.37 bits per heavy atom. The lowest BCUT2D eigenvalue weighted by atomic mass is 9.84. The summed E-state index contributed by atoms with van der Waals surface area (Å²) in [5.41, 5.74) is 10.4. The fraction of sp³-hybridized carbons (Fsp3) is 0.547. The van der Waals surface area contributed by atoms with Gasteiger partial charge in [-0.3, -0.25) is 9.59 Å². The number of aliphatic hydroxyl groups is 3. The Morgan fingerprint density at radius 3 is 2.00 bits per heavy atom. The molecule has 0 saturated heterocycles. The topological polar surface area (TPSA) is 116 Å². The van der Waals surface area contributed by atoms with Crippen LogP contribution in [0.4, 0.5) is 0 Å². The van der Waals surface area contributed by atoms with E-state index in [2.05, 4.69) is 69.4 Å². The van der Waals surface area contributed by atoms with Gasteiger partial charge < -0.3 is 25.4 Å². The minimum absolute atomic E-state index is 0.00970. The maximum absolute atomic E-state index is 12.7.